The first-order valence-electron chi connectivity index (χ1n) is 7.64. The van der Waals surface area contributed by atoms with Crippen molar-refractivity contribution in [3.05, 3.63) is 17.7 Å². The van der Waals surface area contributed by atoms with Crippen LogP contribution in [0.5, 0.6) is 0 Å². The third kappa shape index (κ3) is 2.68. The zero-order chi connectivity index (χ0) is 15.0. The summed E-state index contributed by atoms with van der Waals surface area (Å²) in [7, 11) is -0.189. The van der Waals surface area contributed by atoms with E-state index in [2.05, 4.69) is 58.5 Å². The molecule has 2 nitrogen and oxygen atoms in total. The van der Waals surface area contributed by atoms with E-state index in [4.69, 9.17) is 5.73 Å². The van der Waals surface area contributed by atoms with E-state index in [1.807, 2.05) is 0 Å². The molecule has 3 heteroatoms. The maximum atomic E-state index is 6.20. The second kappa shape index (κ2) is 5.93. The number of benzene rings is 1. The van der Waals surface area contributed by atoms with Crippen LogP contribution >= 0.6 is 7.92 Å². The second-order valence-corrected chi connectivity index (χ2v) is 8.95. The number of nitrogen functional groups attached to an aromatic ring is 1. The van der Waals surface area contributed by atoms with Gasteiger partial charge in [0.1, 0.15) is 0 Å². The molecule has 0 heterocycles. The van der Waals surface area contributed by atoms with Crippen LogP contribution in [0.1, 0.15) is 26.3 Å². The highest BCUT2D eigenvalue weighted by Gasteiger charge is 2.41. The van der Waals surface area contributed by atoms with Crippen molar-refractivity contribution in [3.8, 4) is 0 Å². The Morgan fingerprint density at radius 3 is 2.25 bits per heavy atom. The second-order valence-electron chi connectivity index (χ2n) is 6.71. The first-order chi connectivity index (χ1) is 9.34. The highest BCUT2D eigenvalue weighted by atomic mass is 31.1. The van der Waals surface area contributed by atoms with Crippen molar-refractivity contribution in [1.29, 1.82) is 0 Å². The summed E-state index contributed by atoms with van der Waals surface area (Å²) in [6.07, 6.45) is 0. The molecule has 0 spiro atoms. The summed E-state index contributed by atoms with van der Waals surface area (Å²) < 4.78 is 0. The van der Waals surface area contributed by atoms with Crippen LogP contribution in [0.4, 0.5) is 11.4 Å². The fourth-order valence-electron chi connectivity index (χ4n) is 3.60. The Kier molecular flexibility index (Phi) is 4.64. The van der Waals surface area contributed by atoms with E-state index in [-0.39, 0.29) is 7.92 Å². The molecule has 0 radical (unpaired) electrons. The third-order valence-electron chi connectivity index (χ3n) is 5.39. The summed E-state index contributed by atoms with van der Waals surface area (Å²) in [4.78, 5) is 0. The normalized spacial score (nSPS) is 29.4. The highest BCUT2D eigenvalue weighted by Crippen LogP contribution is 2.45. The van der Waals surface area contributed by atoms with Crippen molar-refractivity contribution in [2.75, 3.05) is 30.9 Å². The molecule has 2 atom stereocenters. The van der Waals surface area contributed by atoms with Gasteiger partial charge < -0.3 is 11.1 Å². The van der Waals surface area contributed by atoms with E-state index in [0.29, 0.717) is 0 Å². The summed E-state index contributed by atoms with van der Waals surface area (Å²) in [6, 6.07) is 4.19. The quantitative estimate of drug-likeness (QED) is 0.652. The zero-order valence-corrected chi connectivity index (χ0v) is 14.6. The standard InChI is InChI=1S/C17H29N2P/c1-10-7-8-15(18)17(20(5)6)16(10)19-9-14-12(3)11(2)13(14)4/h7-8,11-14,19H,9,18H2,1-6H3. The summed E-state index contributed by atoms with van der Waals surface area (Å²) in [5, 5.41) is 5.06. The molecule has 3 N–H and O–H groups in total. The summed E-state index contributed by atoms with van der Waals surface area (Å²) >= 11 is 0. The number of nitrogens with two attached hydrogens (primary N) is 1. The minimum absolute atomic E-state index is 0.189. The minimum atomic E-state index is -0.189. The summed E-state index contributed by atoms with van der Waals surface area (Å²) in [5.41, 5.74) is 9.75. The molecule has 20 heavy (non-hydrogen) atoms. The first-order valence-corrected chi connectivity index (χ1v) is 9.88. The van der Waals surface area contributed by atoms with Gasteiger partial charge in [0, 0.05) is 23.2 Å². The van der Waals surface area contributed by atoms with E-state index in [0.717, 1.165) is 35.9 Å². The molecule has 0 aliphatic heterocycles. The van der Waals surface area contributed by atoms with E-state index in [1.165, 1.54) is 16.6 Å². The lowest BCUT2D eigenvalue weighted by Crippen LogP contribution is -2.45. The molecule has 112 valence electrons. The summed E-state index contributed by atoms with van der Waals surface area (Å²) in [6.45, 7) is 15.0. The van der Waals surface area contributed by atoms with Crippen LogP contribution in [-0.2, 0) is 0 Å². The fourth-order valence-corrected chi connectivity index (χ4v) is 4.89. The van der Waals surface area contributed by atoms with Gasteiger partial charge in [0.25, 0.3) is 0 Å². The van der Waals surface area contributed by atoms with Gasteiger partial charge in [-0.1, -0.05) is 34.8 Å². The topological polar surface area (TPSA) is 38.0 Å². The zero-order valence-electron chi connectivity index (χ0n) is 13.7. The molecule has 0 amide bonds. The van der Waals surface area contributed by atoms with Crippen LogP contribution in [0.3, 0.4) is 0 Å². The van der Waals surface area contributed by atoms with Crippen LogP contribution in [0, 0.1) is 30.6 Å². The smallest absolute Gasteiger partial charge is 0.0468 e. The minimum Gasteiger partial charge on any atom is -0.398 e. The number of nitrogens with one attached hydrogen (secondary N) is 1. The molecule has 1 aliphatic rings. The van der Waals surface area contributed by atoms with Crippen LogP contribution < -0.4 is 16.4 Å². The van der Waals surface area contributed by atoms with E-state index in [1.54, 1.807) is 0 Å². The maximum absolute atomic E-state index is 6.20. The molecular weight excluding hydrogens is 263 g/mol. The molecule has 1 aromatic rings. The lowest BCUT2D eigenvalue weighted by molar-refractivity contribution is 0.0258. The van der Waals surface area contributed by atoms with Gasteiger partial charge in [-0.25, -0.2) is 0 Å². The van der Waals surface area contributed by atoms with Crippen LogP contribution in [0.2, 0.25) is 0 Å². The summed E-state index contributed by atoms with van der Waals surface area (Å²) in [5.74, 6) is 3.30. The first kappa shape index (κ1) is 15.6. The molecule has 0 aromatic heterocycles. The third-order valence-corrected chi connectivity index (χ3v) is 6.76. The molecular formula is C17H29N2P. The molecule has 2 rings (SSSR count). The highest BCUT2D eigenvalue weighted by molar-refractivity contribution is 7.64. The fraction of sp³-hybridized carbons (Fsp3) is 0.647. The van der Waals surface area contributed by atoms with E-state index in [9.17, 15) is 0 Å². The molecule has 1 fully saturated rings. The van der Waals surface area contributed by atoms with Crippen molar-refractivity contribution < 1.29 is 0 Å². The van der Waals surface area contributed by atoms with Gasteiger partial charge in [0.05, 0.1) is 0 Å². The van der Waals surface area contributed by atoms with E-state index >= 15 is 0 Å². The average molecular weight is 292 g/mol. The monoisotopic (exact) mass is 292 g/mol. The Morgan fingerprint density at radius 1 is 1.10 bits per heavy atom. The molecule has 1 saturated carbocycles. The number of anilines is 2. The largest absolute Gasteiger partial charge is 0.398 e. The van der Waals surface area contributed by atoms with Gasteiger partial charge in [-0.05, 0) is 55.6 Å². The predicted octanol–water partition coefficient (Wildman–Crippen LogP) is 3.89. The Morgan fingerprint density at radius 2 is 1.70 bits per heavy atom. The molecule has 1 aromatic carbocycles. The predicted molar refractivity (Wildman–Crippen MR) is 93.5 cm³/mol. The molecule has 0 bridgehead atoms. The van der Waals surface area contributed by atoms with Crippen molar-refractivity contribution in [1.82, 2.24) is 0 Å². The van der Waals surface area contributed by atoms with Crippen molar-refractivity contribution in [3.63, 3.8) is 0 Å². The van der Waals surface area contributed by atoms with Crippen molar-refractivity contribution >= 4 is 24.6 Å². The lowest BCUT2D eigenvalue weighted by Gasteiger charge is -2.48. The number of rotatable bonds is 4. The maximum Gasteiger partial charge on any atom is 0.0468 e. The molecule has 2 unspecified atom stereocenters. The Bertz CT molecular complexity index is 474. The van der Waals surface area contributed by atoms with Gasteiger partial charge in [-0.2, -0.15) is 0 Å². The molecule has 1 aliphatic carbocycles. The van der Waals surface area contributed by atoms with Gasteiger partial charge in [-0.15, -0.1) is 0 Å². The van der Waals surface area contributed by atoms with E-state index < -0.39 is 0 Å². The SMILES string of the molecule is Cc1ccc(N)c(P(C)C)c1NCC1C(C)C(C)C1C. The molecule has 0 saturated heterocycles. The van der Waals surface area contributed by atoms with Gasteiger partial charge in [0.15, 0.2) is 0 Å². The van der Waals surface area contributed by atoms with Crippen molar-refractivity contribution in [2.45, 2.75) is 27.7 Å². The number of hydrogen-bond acceptors (Lipinski definition) is 2. The number of hydrogen-bond donors (Lipinski definition) is 2. The Labute approximate surface area is 125 Å². The Balaban J connectivity index is 2.16. The average Bonchev–Trinajstić information content (AvgIpc) is 2.41. The lowest BCUT2D eigenvalue weighted by atomic mass is 9.59. The van der Waals surface area contributed by atoms with Gasteiger partial charge >= 0.3 is 0 Å². The Hall–Kier alpha value is -0.750. The van der Waals surface area contributed by atoms with Crippen LogP contribution in [0.15, 0.2) is 12.1 Å². The van der Waals surface area contributed by atoms with Gasteiger partial charge in [-0.3, -0.25) is 0 Å². The van der Waals surface area contributed by atoms with Crippen LogP contribution in [-0.4, -0.2) is 19.9 Å². The van der Waals surface area contributed by atoms with Crippen LogP contribution in [0.25, 0.3) is 0 Å². The van der Waals surface area contributed by atoms with Gasteiger partial charge in [0.2, 0.25) is 0 Å². The number of aryl methyl sites for hydroxylation is 1. The van der Waals surface area contributed by atoms with Crippen molar-refractivity contribution in [2.24, 2.45) is 23.7 Å².